The van der Waals surface area contributed by atoms with E-state index in [1.807, 2.05) is 0 Å². The van der Waals surface area contributed by atoms with Crippen molar-refractivity contribution >= 4 is 5.91 Å². The third-order valence-electron chi connectivity index (χ3n) is 2.44. The van der Waals surface area contributed by atoms with Gasteiger partial charge in [0.2, 0.25) is 0 Å². The van der Waals surface area contributed by atoms with Crippen molar-refractivity contribution in [3.05, 3.63) is 47.8 Å². The number of carbonyl (C=O) groups is 1. The van der Waals surface area contributed by atoms with Crippen LogP contribution in [0.4, 0.5) is 4.39 Å². The molecule has 0 radical (unpaired) electrons. The Bertz CT molecular complexity index is 540. The van der Waals surface area contributed by atoms with Crippen molar-refractivity contribution in [3.8, 4) is 5.75 Å². The molecule has 0 atom stereocenters. The Labute approximate surface area is 103 Å². The molecular weight excluding hydrogens is 237 g/mol. The molecule has 0 fully saturated rings. The number of halogens is 1. The van der Waals surface area contributed by atoms with Gasteiger partial charge in [-0.15, -0.1) is 0 Å². The number of amides is 1. The lowest BCUT2D eigenvalue weighted by Crippen LogP contribution is -2.25. The van der Waals surface area contributed by atoms with Crippen molar-refractivity contribution in [2.24, 2.45) is 0 Å². The fourth-order valence-electron chi connectivity index (χ4n) is 1.52. The van der Waals surface area contributed by atoms with Gasteiger partial charge in [-0.25, -0.2) is 9.37 Å². The summed E-state index contributed by atoms with van der Waals surface area (Å²) < 4.78 is 12.9. The lowest BCUT2D eigenvalue weighted by Gasteiger charge is -2.06. The van der Waals surface area contributed by atoms with Gasteiger partial charge in [-0.05, 0) is 18.2 Å². The number of benzene rings is 1. The average Bonchev–Trinajstić information content (AvgIpc) is 2.85. The Morgan fingerprint density at radius 3 is 3.06 bits per heavy atom. The molecule has 0 unspecified atom stereocenters. The van der Waals surface area contributed by atoms with Crippen LogP contribution in [-0.4, -0.2) is 27.5 Å². The second-order valence-corrected chi connectivity index (χ2v) is 3.74. The number of hydrogen-bond donors (Lipinski definition) is 3. The maximum absolute atomic E-state index is 12.9. The van der Waals surface area contributed by atoms with Crippen molar-refractivity contribution in [1.82, 2.24) is 15.3 Å². The zero-order chi connectivity index (χ0) is 13.0. The van der Waals surface area contributed by atoms with Gasteiger partial charge in [0.25, 0.3) is 5.91 Å². The molecule has 2 aromatic rings. The molecule has 1 aromatic carbocycles. The Morgan fingerprint density at radius 1 is 1.50 bits per heavy atom. The van der Waals surface area contributed by atoms with Crippen LogP contribution in [-0.2, 0) is 6.42 Å². The van der Waals surface area contributed by atoms with Gasteiger partial charge < -0.3 is 15.4 Å². The lowest BCUT2D eigenvalue weighted by molar-refractivity contribution is 0.0951. The van der Waals surface area contributed by atoms with Crippen molar-refractivity contribution in [2.45, 2.75) is 6.42 Å². The molecule has 2 rings (SSSR count). The molecular formula is C12H12FN3O2. The van der Waals surface area contributed by atoms with Gasteiger partial charge in [-0.2, -0.15) is 0 Å². The number of aromatic hydroxyl groups is 1. The lowest BCUT2D eigenvalue weighted by atomic mass is 10.2. The molecule has 0 aliphatic rings. The van der Waals surface area contributed by atoms with Crippen molar-refractivity contribution < 1.29 is 14.3 Å². The summed E-state index contributed by atoms with van der Waals surface area (Å²) in [7, 11) is 0. The van der Waals surface area contributed by atoms with E-state index < -0.39 is 11.7 Å². The van der Waals surface area contributed by atoms with Crippen LogP contribution >= 0.6 is 0 Å². The van der Waals surface area contributed by atoms with E-state index in [1.165, 1.54) is 0 Å². The summed E-state index contributed by atoms with van der Waals surface area (Å²) in [5.74, 6) is -1.31. The fourth-order valence-corrected chi connectivity index (χ4v) is 1.52. The number of phenols is 1. The highest BCUT2D eigenvalue weighted by molar-refractivity contribution is 5.96. The molecule has 5 nitrogen and oxygen atoms in total. The van der Waals surface area contributed by atoms with E-state index in [1.54, 1.807) is 12.5 Å². The monoisotopic (exact) mass is 249 g/mol. The number of aromatic amines is 1. The smallest absolute Gasteiger partial charge is 0.255 e. The summed E-state index contributed by atoms with van der Waals surface area (Å²) in [5, 5.41) is 12.0. The van der Waals surface area contributed by atoms with Crippen LogP contribution in [0, 0.1) is 5.82 Å². The number of hydrogen-bond acceptors (Lipinski definition) is 3. The predicted octanol–water partition coefficient (Wildman–Crippen LogP) is 1.23. The van der Waals surface area contributed by atoms with Crippen molar-refractivity contribution in [1.29, 1.82) is 0 Å². The number of H-pyrrole nitrogens is 1. The maximum Gasteiger partial charge on any atom is 0.255 e. The van der Waals surface area contributed by atoms with Crippen LogP contribution in [0.5, 0.6) is 5.75 Å². The Kier molecular flexibility index (Phi) is 3.57. The summed E-state index contributed by atoms with van der Waals surface area (Å²) in [6.07, 6.45) is 3.79. The molecule has 1 amide bonds. The van der Waals surface area contributed by atoms with Crippen LogP contribution in [0.25, 0.3) is 0 Å². The van der Waals surface area contributed by atoms with Crippen LogP contribution in [0.1, 0.15) is 16.1 Å². The molecule has 0 aliphatic heterocycles. The zero-order valence-corrected chi connectivity index (χ0v) is 9.48. The first-order valence-corrected chi connectivity index (χ1v) is 5.41. The Balaban J connectivity index is 1.93. The molecule has 0 bridgehead atoms. The SMILES string of the molecule is O=C(NCCc1cnc[nH]1)c1cc(F)ccc1O. The second kappa shape index (κ2) is 5.31. The van der Waals surface area contributed by atoms with Gasteiger partial charge in [-0.3, -0.25) is 4.79 Å². The number of rotatable bonds is 4. The minimum atomic E-state index is -0.563. The predicted molar refractivity (Wildman–Crippen MR) is 62.7 cm³/mol. The third kappa shape index (κ3) is 2.85. The van der Waals surface area contributed by atoms with Crippen LogP contribution in [0.3, 0.4) is 0 Å². The Hall–Kier alpha value is -2.37. The van der Waals surface area contributed by atoms with E-state index in [0.717, 1.165) is 23.9 Å². The van der Waals surface area contributed by atoms with E-state index >= 15 is 0 Å². The van der Waals surface area contributed by atoms with Gasteiger partial charge in [0.1, 0.15) is 11.6 Å². The van der Waals surface area contributed by atoms with E-state index in [9.17, 15) is 14.3 Å². The van der Waals surface area contributed by atoms with Gasteiger partial charge in [0.05, 0.1) is 11.9 Å². The minimum absolute atomic E-state index is 0.0698. The first kappa shape index (κ1) is 12.1. The minimum Gasteiger partial charge on any atom is -0.507 e. The highest BCUT2D eigenvalue weighted by atomic mass is 19.1. The topological polar surface area (TPSA) is 78.0 Å². The van der Waals surface area contributed by atoms with Crippen molar-refractivity contribution in [3.63, 3.8) is 0 Å². The van der Waals surface area contributed by atoms with E-state index in [2.05, 4.69) is 15.3 Å². The number of nitrogens with zero attached hydrogens (tertiary/aromatic N) is 1. The molecule has 0 aliphatic carbocycles. The molecule has 18 heavy (non-hydrogen) atoms. The van der Waals surface area contributed by atoms with Crippen LogP contribution in [0.2, 0.25) is 0 Å². The Morgan fingerprint density at radius 2 is 2.33 bits per heavy atom. The molecule has 0 saturated carbocycles. The molecule has 94 valence electrons. The van der Waals surface area contributed by atoms with E-state index in [-0.39, 0.29) is 11.3 Å². The first-order valence-electron chi connectivity index (χ1n) is 5.41. The number of aromatic nitrogens is 2. The summed E-state index contributed by atoms with van der Waals surface area (Å²) in [4.78, 5) is 18.4. The first-order chi connectivity index (χ1) is 8.66. The summed E-state index contributed by atoms with van der Waals surface area (Å²) in [6, 6.07) is 3.25. The highest BCUT2D eigenvalue weighted by Gasteiger charge is 2.11. The van der Waals surface area contributed by atoms with E-state index in [0.29, 0.717) is 13.0 Å². The van der Waals surface area contributed by atoms with Gasteiger partial charge in [-0.1, -0.05) is 0 Å². The van der Waals surface area contributed by atoms with Gasteiger partial charge in [0.15, 0.2) is 0 Å². The number of nitrogens with one attached hydrogen (secondary N) is 2. The third-order valence-corrected chi connectivity index (χ3v) is 2.44. The molecule has 6 heteroatoms. The quantitative estimate of drug-likeness (QED) is 0.762. The number of imidazole rings is 1. The summed E-state index contributed by atoms with van der Waals surface area (Å²) in [5.41, 5.74) is 0.818. The number of phenolic OH excluding ortho intramolecular Hbond substituents is 1. The normalized spacial score (nSPS) is 10.3. The van der Waals surface area contributed by atoms with Crippen LogP contribution < -0.4 is 5.32 Å². The molecule has 1 heterocycles. The molecule has 0 spiro atoms. The second-order valence-electron chi connectivity index (χ2n) is 3.74. The highest BCUT2D eigenvalue weighted by Crippen LogP contribution is 2.17. The fraction of sp³-hybridized carbons (Fsp3) is 0.167. The van der Waals surface area contributed by atoms with E-state index in [4.69, 9.17) is 0 Å². The molecule has 3 N–H and O–H groups in total. The van der Waals surface area contributed by atoms with Gasteiger partial charge >= 0.3 is 0 Å². The largest absolute Gasteiger partial charge is 0.507 e. The molecule has 1 aromatic heterocycles. The van der Waals surface area contributed by atoms with Gasteiger partial charge in [0, 0.05) is 24.9 Å². The standard InChI is InChI=1S/C12H12FN3O2/c13-8-1-2-11(17)10(5-8)12(18)15-4-3-9-6-14-7-16-9/h1-2,5-7,17H,3-4H2,(H,14,16)(H,15,18). The zero-order valence-electron chi connectivity index (χ0n) is 9.48. The average molecular weight is 249 g/mol. The number of carbonyl (C=O) groups excluding carboxylic acids is 1. The summed E-state index contributed by atoms with van der Waals surface area (Å²) >= 11 is 0. The molecule has 0 saturated heterocycles. The van der Waals surface area contributed by atoms with Crippen LogP contribution in [0.15, 0.2) is 30.7 Å². The summed E-state index contributed by atoms with van der Waals surface area (Å²) in [6.45, 7) is 0.372. The van der Waals surface area contributed by atoms with Crippen molar-refractivity contribution in [2.75, 3.05) is 6.54 Å². The maximum atomic E-state index is 12.9.